The molecule has 3 rings (SSSR count). The van der Waals surface area contributed by atoms with Gasteiger partial charge in [-0.05, 0) is 30.7 Å². The Labute approximate surface area is 106 Å². The van der Waals surface area contributed by atoms with Crippen LogP contribution in [-0.4, -0.2) is 9.78 Å². The van der Waals surface area contributed by atoms with Crippen LogP contribution in [0.25, 0.3) is 16.6 Å². The molecule has 3 aromatic rings. The summed E-state index contributed by atoms with van der Waals surface area (Å²) < 4.78 is 1.94. The van der Waals surface area contributed by atoms with E-state index in [4.69, 9.17) is 5.73 Å². The molecule has 0 radical (unpaired) electrons. The van der Waals surface area contributed by atoms with Gasteiger partial charge in [0.1, 0.15) is 0 Å². The van der Waals surface area contributed by atoms with E-state index >= 15 is 0 Å². The van der Waals surface area contributed by atoms with Gasteiger partial charge in [-0.25, -0.2) is 4.68 Å². The summed E-state index contributed by atoms with van der Waals surface area (Å²) in [6.07, 6.45) is 1.88. The molecule has 90 valence electrons. The average molecular weight is 237 g/mol. The molecule has 0 saturated heterocycles. The Morgan fingerprint density at radius 2 is 1.78 bits per heavy atom. The van der Waals surface area contributed by atoms with Crippen LogP contribution in [0.3, 0.4) is 0 Å². The zero-order valence-corrected chi connectivity index (χ0v) is 10.2. The average Bonchev–Trinajstić information content (AvgIpc) is 2.82. The quantitative estimate of drug-likeness (QED) is 0.744. The van der Waals surface area contributed by atoms with E-state index in [9.17, 15) is 0 Å². The van der Waals surface area contributed by atoms with Gasteiger partial charge < -0.3 is 5.73 Å². The van der Waals surface area contributed by atoms with Crippen molar-refractivity contribution >= 4 is 10.9 Å². The summed E-state index contributed by atoms with van der Waals surface area (Å²) in [4.78, 5) is 0. The summed E-state index contributed by atoms with van der Waals surface area (Å²) >= 11 is 0. The van der Waals surface area contributed by atoms with Gasteiger partial charge in [0.05, 0.1) is 17.4 Å². The SMILES string of the molecule is CC(N)c1ccc(-n2ncc3ccccc32)cc1. The van der Waals surface area contributed by atoms with E-state index in [0.29, 0.717) is 0 Å². The number of rotatable bonds is 2. The molecule has 3 heteroatoms. The Balaban J connectivity index is 2.09. The summed E-state index contributed by atoms with van der Waals surface area (Å²) in [5, 5.41) is 5.57. The van der Waals surface area contributed by atoms with Crippen molar-refractivity contribution < 1.29 is 0 Å². The van der Waals surface area contributed by atoms with E-state index in [0.717, 1.165) is 22.2 Å². The van der Waals surface area contributed by atoms with Gasteiger partial charge in [-0.3, -0.25) is 0 Å². The number of nitrogens with zero attached hydrogens (tertiary/aromatic N) is 2. The summed E-state index contributed by atoms with van der Waals surface area (Å²) in [6.45, 7) is 1.98. The smallest absolute Gasteiger partial charge is 0.0741 e. The van der Waals surface area contributed by atoms with Crippen LogP contribution in [0.15, 0.2) is 54.7 Å². The van der Waals surface area contributed by atoms with Gasteiger partial charge in [0.15, 0.2) is 0 Å². The second-order valence-electron chi connectivity index (χ2n) is 4.50. The number of hydrogen-bond donors (Lipinski definition) is 1. The third-order valence-electron chi connectivity index (χ3n) is 3.14. The number of benzene rings is 2. The van der Waals surface area contributed by atoms with Crippen LogP contribution < -0.4 is 5.73 Å². The van der Waals surface area contributed by atoms with E-state index in [-0.39, 0.29) is 6.04 Å². The monoisotopic (exact) mass is 237 g/mol. The molecule has 0 saturated carbocycles. The molecular weight excluding hydrogens is 222 g/mol. The molecule has 0 aliphatic rings. The summed E-state index contributed by atoms with van der Waals surface area (Å²) in [7, 11) is 0. The van der Waals surface area contributed by atoms with Gasteiger partial charge in [0, 0.05) is 11.4 Å². The Hall–Kier alpha value is -2.13. The van der Waals surface area contributed by atoms with Crippen LogP contribution in [0, 0.1) is 0 Å². The van der Waals surface area contributed by atoms with Gasteiger partial charge in [0.2, 0.25) is 0 Å². The largest absolute Gasteiger partial charge is 0.324 e. The molecule has 1 unspecified atom stereocenters. The van der Waals surface area contributed by atoms with Crippen LogP contribution in [-0.2, 0) is 0 Å². The molecule has 1 aromatic heterocycles. The minimum atomic E-state index is 0.0633. The van der Waals surface area contributed by atoms with Crippen molar-refractivity contribution in [3.8, 4) is 5.69 Å². The van der Waals surface area contributed by atoms with Crippen molar-refractivity contribution in [3.05, 3.63) is 60.3 Å². The molecule has 0 aliphatic heterocycles. The fraction of sp³-hybridized carbons (Fsp3) is 0.133. The van der Waals surface area contributed by atoms with Crippen molar-refractivity contribution in [3.63, 3.8) is 0 Å². The molecule has 3 nitrogen and oxygen atoms in total. The minimum Gasteiger partial charge on any atom is -0.324 e. The maximum atomic E-state index is 5.85. The van der Waals surface area contributed by atoms with Crippen molar-refractivity contribution in [1.82, 2.24) is 9.78 Å². The molecule has 1 heterocycles. The van der Waals surface area contributed by atoms with Gasteiger partial charge >= 0.3 is 0 Å². The zero-order chi connectivity index (χ0) is 12.5. The lowest BCUT2D eigenvalue weighted by molar-refractivity contribution is 0.815. The second kappa shape index (κ2) is 4.27. The summed E-state index contributed by atoms with van der Waals surface area (Å²) in [6, 6.07) is 16.5. The molecule has 0 amide bonds. The molecule has 1 atom stereocenters. The number of fused-ring (bicyclic) bond motifs is 1. The first kappa shape index (κ1) is 11.0. The predicted molar refractivity (Wildman–Crippen MR) is 73.7 cm³/mol. The molecule has 0 spiro atoms. The lowest BCUT2D eigenvalue weighted by Crippen LogP contribution is -2.05. The number of aromatic nitrogens is 2. The van der Waals surface area contributed by atoms with E-state index < -0.39 is 0 Å². The zero-order valence-electron chi connectivity index (χ0n) is 10.2. The first-order valence-electron chi connectivity index (χ1n) is 6.04. The van der Waals surface area contributed by atoms with Gasteiger partial charge in [-0.1, -0.05) is 30.3 Å². The number of nitrogens with two attached hydrogens (primary N) is 1. The maximum Gasteiger partial charge on any atom is 0.0741 e. The molecule has 0 fully saturated rings. The molecule has 18 heavy (non-hydrogen) atoms. The lowest BCUT2D eigenvalue weighted by atomic mass is 10.1. The standard InChI is InChI=1S/C15H15N3/c1-11(16)12-6-8-14(9-7-12)18-15-5-3-2-4-13(15)10-17-18/h2-11H,16H2,1H3. The van der Waals surface area contributed by atoms with Crippen LogP contribution in [0.2, 0.25) is 0 Å². The summed E-state index contributed by atoms with van der Waals surface area (Å²) in [5.41, 5.74) is 9.16. The molecule has 2 aromatic carbocycles. The fourth-order valence-electron chi connectivity index (χ4n) is 2.10. The molecular formula is C15H15N3. The van der Waals surface area contributed by atoms with E-state index in [1.807, 2.05) is 29.9 Å². The highest BCUT2D eigenvalue weighted by atomic mass is 15.3. The van der Waals surface area contributed by atoms with E-state index in [2.05, 4.69) is 41.5 Å². The third kappa shape index (κ3) is 1.79. The first-order chi connectivity index (χ1) is 8.75. The number of para-hydroxylation sites is 1. The molecule has 0 aliphatic carbocycles. The first-order valence-corrected chi connectivity index (χ1v) is 6.04. The van der Waals surface area contributed by atoms with Gasteiger partial charge in [0.25, 0.3) is 0 Å². The van der Waals surface area contributed by atoms with Crippen LogP contribution in [0.5, 0.6) is 0 Å². The maximum absolute atomic E-state index is 5.85. The normalized spacial score (nSPS) is 12.8. The third-order valence-corrected chi connectivity index (χ3v) is 3.14. The summed E-state index contributed by atoms with van der Waals surface area (Å²) in [5.74, 6) is 0. The second-order valence-corrected chi connectivity index (χ2v) is 4.50. The van der Waals surface area contributed by atoms with E-state index in [1.54, 1.807) is 0 Å². The fourth-order valence-corrected chi connectivity index (χ4v) is 2.10. The van der Waals surface area contributed by atoms with Crippen LogP contribution in [0.4, 0.5) is 0 Å². The van der Waals surface area contributed by atoms with Crippen molar-refractivity contribution in [2.45, 2.75) is 13.0 Å². The van der Waals surface area contributed by atoms with Crippen LogP contribution in [0.1, 0.15) is 18.5 Å². The van der Waals surface area contributed by atoms with Crippen molar-refractivity contribution in [2.75, 3.05) is 0 Å². The Morgan fingerprint density at radius 3 is 2.50 bits per heavy atom. The van der Waals surface area contributed by atoms with Gasteiger partial charge in [-0.2, -0.15) is 5.10 Å². The molecule has 0 bridgehead atoms. The topological polar surface area (TPSA) is 43.8 Å². The van der Waals surface area contributed by atoms with Gasteiger partial charge in [-0.15, -0.1) is 0 Å². The Kier molecular flexibility index (Phi) is 2.61. The Morgan fingerprint density at radius 1 is 1.06 bits per heavy atom. The van der Waals surface area contributed by atoms with Crippen LogP contribution >= 0.6 is 0 Å². The minimum absolute atomic E-state index is 0.0633. The highest BCUT2D eigenvalue weighted by Gasteiger charge is 2.04. The van der Waals surface area contributed by atoms with E-state index in [1.165, 1.54) is 0 Å². The molecule has 2 N–H and O–H groups in total. The highest BCUT2D eigenvalue weighted by molar-refractivity contribution is 5.80. The number of hydrogen-bond acceptors (Lipinski definition) is 2. The van der Waals surface area contributed by atoms with Crippen molar-refractivity contribution in [2.24, 2.45) is 5.73 Å². The predicted octanol–water partition coefficient (Wildman–Crippen LogP) is 3.05. The Bertz CT molecular complexity index is 666. The highest BCUT2D eigenvalue weighted by Crippen LogP contribution is 2.19. The lowest BCUT2D eigenvalue weighted by Gasteiger charge is -2.07. The van der Waals surface area contributed by atoms with Crippen molar-refractivity contribution in [1.29, 1.82) is 0 Å².